The Hall–Kier alpha value is -3.20. The van der Waals surface area contributed by atoms with Crippen LogP contribution in [0, 0.1) is 5.82 Å². The van der Waals surface area contributed by atoms with Crippen LogP contribution in [-0.4, -0.2) is 42.7 Å². The van der Waals surface area contributed by atoms with Gasteiger partial charge in [-0.05, 0) is 18.2 Å². The van der Waals surface area contributed by atoms with E-state index in [-0.39, 0.29) is 24.7 Å². The summed E-state index contributed by atoms with van der Waals surface area (Å²) in [6, 6.07) is 6.72. The van der Waals surface area contributed by atoms with Crippen molar-refractivity contribution < 1.29 is 23.6 Å². The van der Waals surface area contributed by atoms with Crippen molar-refractivity contribution in [1.29, 1.82) is 0 Å². The van der Waals surface area contributed by atoms with Gasteiger partial charge in [-0.1, -0.05) is 0 Å². The Balaban J connectivity index is 1.84. The molecule has 2 aromatic rings. The van der Waals surface area contributed by atoms with Crippen LogP contribution >= 0.6 is 0 Å². The van der Waals surface area contributed by atoms with Crippen molar-refractivity contribution in [2.24, 2.45) is 0 Å². The van der Waals surface area contributed by atoms with Crippen LogP contribution in [0.3, 0.4) is 0 Å². The number of aromatic nitrogens is 1. The molecule has 138 valence electrons. The second-order valence-electron chi connectivity index (χ2n) is 5.18. The fraction of sp³-hybridized carbons (Fsp3) is 0.235. The SMILES string of the molecule is CN(C=O)OCCCOc1cc(F)cc(NC(=O)Nc2cccnc2)c1. The first-order chi connectivity index (χ1) is 12.6. The Morgan fingerprint density at radius 1 is 1.27 bits per heavy atom. The summed E-state index contributed by atoms with van der Waals surface area (Å²) in [6.07, 6.45) is 4.12. The topological polar surface area (TPSA) is 92.8 Å². The highest BCUT2D eigenvalue weighted by Gasteiger charge is 2.07. The van der Waals surface area contributed by atoms with E-state index in [0.717, 1.165) is 5.06 Å². The molecule has 0 saturated heterocycles. The molecule has 2 N–H and O–H groups in total. The monoisotopic (exact) mass is 362 g/mol. The molecule has 2 rings (SSSR count). The van der Waals surface area contributed by atoms with E-state index >= 15 is 0 Å². The highest BCUT2D eigenvalue weighted by atomic mass is 19.1. The first-order valence-corrected chi connectivity index (χ1v) is 7.79. The van der Waals surface area contributed by atoms with E-state index in [2.05, 4.69) is 15.6 Å². The Morgan fingerprint density at radius 3 is 2.81 bits per heavy atom. The molecule has 0 fully saturated rings. The number of ether oxygens (including phenoxy) is 1. The lowest BCUT2D eigenvalue weighted by atomic mass is 10.3. The van der Waals surface area contributed by atoms with Crippen LogP contribution in [0.5, 0.6) is 5.75 Å². The average molecular weight is 362 g/mol. The highest BCUT2D eigenvalue weighted by Crippen LogP contribution is 2.20. The quantitative estimate of drug-likeness (QED) is 0.406. The smallest absolute Gasteiger partial charge is 0.323 e. The first kappa shape index (κ1) is 19.1. The second kappa shape index (κ2) is 9.94. The number of hydroxylamine groups is 2. The maximum atomic E-state index is 13.7. The number of anilines is 2. The van der Waals surface area contributed by atoms with Crippen molar-refractivity contribution in [3.05, 3.63) is 48.5 Å². The molecule has 0 spiro atoms. The van der Waals surface area contributed by atoms with Crippen molar-refractivity contribution in [2.45, 2.75) is 6.42 Å². The molecule has 0 atom stereocenters. The third-order valence-corrected chi connectivity index (χ3v) is 3.05. The lowest BCUT2D eigenvalue weighted by molar-refractivity contribution is -0.164. The van der Waals surface area contributed by atoms with E-state index in [1.165, 1.54) is 31.4 Å². The van der Waals surface area contributed by atoms with Gasteiger partial charge >= 0.3 is 6.03 Å². The van der Waals surface area contributed by atoms with Crippen LogP contribution in [0.25, 0.3) is 0 Å². The molecule has 0 radical (unpaired) electrons. The van der Waals surface area contributed by atoms with Crippen LogP contribution < -0.4 is 15.4 Å². The zero-order valence-electron chi connectivity index (χ0n) is 14.1. The predicted octanol–water partition coefficient (Wildman–Crippen LogP) is 2.65. The maximum absolute atomic E-state index is 13.7. The summed E-state index contributed by atoms with van der Waals surface area (Å²) in [5.41, 5.74) is 0.761. The standard InChI is InChI=1S/C17H19FN4O4/c1-22(12-23)26-7-3-6-25-16-9-13(18)8-15(10-16)21-17(24)20-14-4-2-5-19-11-14/h2,4-5,8-12H,3,6-7H2,1H3,(H2,20,21,24). The fourth-order valence-electron chi connectivity index (χ4n) is 1.94. The Labute approximate surface area is 149 Å². The Morgan fingerprint density at radius 2 is 2.08 bits per heavy atom. The zero-order valence-corrected chi connectivity index (χ0v) is 14.1. The molecule has 9 heteroatoms. The molecule has 0 aliphatic heterocycles. The van der Waals surface area contributed by atoms with Crippen LogP contribution in [0.4, 0.5) is 20.6 Å². The summed E-state index contributed by atoms with van der Waals surface area (Å²) in [5, 5.41) is 6.15. The minimum atomic E-state index is -0.545. The number of halogens is 1. The van der Waals surface area contributed by atoms with E-state index in [4.69, 9.17) is 9.57 Å². The van der Waals surface area contributed by atoms with Crippen molar-refractivity contribution in [2.75, 3.05) is 30.9 Å². The normalized spacial score (nSPS) is 10.1. The Bertz CT molecular complexity index is 730. The lowest BCUT2D eigenvalue weighted by Crippen LogP contribution is -2.19. The van der Waals surface area contributed by atoms with Crippen LogP contribution in [-0.2, 0) is 9.63 Å². The summed E-state index contributed by atoms with van der Waals surface area (Å²) in [6.45, 7) is 0.542. The predicted molar refractivity (Wildman–Crippen MR) is 93.2 cm³/mol. The molecule has 0 bridgehead atoms. The van der Waals surface area contributed by atoms with Gasteiger partial charge in [-0.2, -0.15) is 0 Å². The van der Waals surface area contributed by atoms with Crippen molar-refractivity contribution in [3.63, 3.8) is 0 Å². The number of carbonyl (C=O) groups is 2. The van der Waals surface area contributed by atoms with E-state index < -0.39 is 11.8 Å². The number of rotatable bonds is 9. The van der Waals surface area contributed by atoms with Gasteiger partial charge in [0.25, 0.3) is 0 Å². The maximum Gasteiger partial charge on any atom is 0.323 e. The number of nitrogens with zero attached hydrogens (tertiary/aromatic N) is 2. The van der Waals surface area contributed by atoms with Crippen molar-refractivity contribution >= 4 is 23.8 Å². The van der Waals surface area contributed by atoms with E-state index in [1.54, 1.807) is 18.3 Å². The molecular weight excluding hydrogens is 343 g/mol. The third-order valence-electron chi connectivity index (χ3n) is 3.05. The highest BCUT2D eigenvalue weighted by molar-refractivity contribution is 5.99. The molecule has 1 aromatic carbocycles. The number of benzene rings is 1. The second-order valence-corrected chi connectivity index (χ2v) is 5.18. The van der Waals surface area contributed by atoms with E-state index in [9.17, 15) is 14.0 Å². The number of amides is 3. The van der Waals surface area contributed by atoms with Crippen molar-refractivity contribution in [1.82, 2.24) is 10.0 Å². The van der Waals surface area contributed by atoms with Gasteiger partial charge in [0, 0.05) is 37.5 Å². The summed E-state index contributed by atoms with van der Waals surface area (Å²) < 4.78 is 19.1. The first-order valence-electron chi connectivity index (χ1n) is 7.79. The number of nitrogens with one attached hydrogen (secondary N) is 2. The molecule has 3 amide bonds. The van der Waals surface area contributed by atoms with Gasteiger partial charge in [0.15, 0.2) is 0 Å². The number of hydrogen-bond acceptors (Lipinski definition) is 5. The molecule has 1 heterocycles. The minimum Gasteiger partial charge on any atom is -0.493 e. The van der Waals surface area contributed by atoms with E-state index in [1.807, 2.05) is 0 Å². The number of carbonyl (C=O) groups excluding carboxylic acids is 2. The molecule has 0 saturated carbocycles. The summed E-state index contributed by atoms with van der Waals surface area (Å²) in [4.78, 5) is 31.2. The molecule has 0 aliphatic rings. The fourth-order valence-corrected chi connectivity index (χ4v) is 1.94. The molecule has 8 nitrogen and oxygen atoms in total. The van der Waals surface area contributed by atoms with Gasteiger partial charge in [0.2, 0.25) is 6.41 Å². The van der Waals surface area contributed by atoms with Crippen LogP contribution in [0.1, 0.15) is 6.42 Å². The van der Waals surface area contributed by atoms with Gasteiger partial charge in [0.05, 0.1) is 25.1 Å². The summed E-state index contributed by atoms with van der Waals surface area (Å²) in [5.74, 6) is -0.276. The summed E-state index contributed by atoms with van der Waals surface area (Å²) in [7, 11) is 1.48. The van der Waals surface area contributed by atoms with Gasteiger partial charge in [-0.3, -0.25) is 14.6 Å². The Kier molecular flexibility index (Phi) is 7.31. The number of hydrogen-bond donors (Lipinski definition) is 2. The molecule has 1 aromatic heterocycles. The van der Waals surface area contributed by atoms with Gasteiger partial charge < -0.3 is 15.4 Å². The average Bonchev–Trinajstić information content (AvgIpc) is 2.61. The largest absolute Gasteiger partial charge is 0.493 e. The summed E-state index contributed by atoms with van der Waals surface area (Å²) >= 11 is 0. The third kappa shape index (κ3) is 6.73. The lowest BCUT2D eigenvalue weighted by Gasteiger charge is -2.12. The van der Waals surface area contributed by atoms with Crippen LogP contribution in [0.15, 0.2) is 42.7 Å². The minimum absolute atomic E-state index is 0.248. The molecule has 0 aliphatic carbocycles. The van der Waals surface area contributed by atoms with E-state index in [0.29, 0.717) is 18.5 Å². The molecule has 26 heavy (non-hydrogen) atoms. The zero-order chi connectivity index (χ0) is 18.8. The van der Waals surface area contributed by atoms with Crippen LogP contribution in [0.2, 0.25) is 0 Å². The molecular formula is C17H19FN4O4. The number of urea groups is 1. The molecule has 0 unspecified atom stereocenters. The van der Waals surface area contributed by atoms with Gasteiger partial charge in [-0.15, -0.1) is 0 Å². The van der Waals surface area contributed by atoms with Crippen molar-refractivity contribution in [3.8, 4) is 5.75 Å². The van der Waals surface area contributed by atoms with Gasteiger partial charge in [0.1, 0.15) is 11.6 Å². The van der Waals surface area contributed by atoms with Gasteiger partial charge in [-0.25, -0.2) is 14.2 Å². The number of pyridine rings is 1.